The SMILES string of the molecule is Cc1ccc(-c2cnc(CCC(=O)N3CCN(CC(=O)Nc4ccccc4Cl)CC3)o2)cc1. The molecule has 4 rings (SSSR count). The fourth-order valence-corrected chi connectivity index (χ4v) is 3.94. The van der Waals surface area contributed by atoms with Crippen molar-refractivity contribution in [2.75, 3.05) is 38.0 Å². The molecule has 7 nitrogen and oxygen atoms in total. The van der Waals surface area contributed by atoms with Gasteiger partial charge < -0.3 is 14.6 Å². The van der Waals surface area contributed by atoms with Gasteiger partial charge in [0.1, 0.15) is 0 Å². The van der Waals surface area contributed by atoms with Crippen molar-refractivity contribution in [2.24, 2.45) is 0 Å². The lowest BCUT2D eigenvalue weighted by atomic mass is 10.1. The number of carbonyl (C=O) groups is 2. The van der Waals surface area contributed by atoms with Gasteiger partial charge in [-0.25, -0.2) is 4.98 Å². The van der Waals surface area contributed by atoms with Crippen molar-refractivity contribution >= 4 is 29.1 Å². The highest BCUT2D eigenvalue weighted by atomic mass is 35.5. The number of carbonyl (C=O) groups excluding carboxylic acids is 2. The van der Waals surface area contributed by atoms with Crippen molar-refractivity contribution in [1.29, 1.82) is 0 Å². The third-order valence-electron chi connectivity index (χ3n) is 5.68. The van der Waals surface area contributed by atoms with E-state index >= 15 is 0 Å². The third-order valence-corrected chi connectivity index (χ3v) is 6.01. The first-order valence-electron chi connectivity index (χ1n) is 11.0. The molecule has 2 aromatic carbocycles. The first-order chi connectivity index (χ1) is 16.0. The molecule has 1 N–H and O–H groups in total. The molecule has 0 unspecified atom stereocenters. The molecule has 0 saturated carbocycles. The van der Waals surface area contributed by atoms with E-state index in [9.17, 15) is 9.59 Å². The van der Waals surface area contributed by atoms with E-state index in [1.54, 1.807) is 18.3 Å². The van der Waals surface area contributed by atoms with Crippen LogP contribution in [0.3, 0.4) is 0 Å². The minimum absolute atomic E-state index is 0.0743. The van der Waals surface area contributed by atoms with Gasteiger partial charge in [-0.1, -0.05) is 53.6 Å². The zero-order valence-corrected chi connectivity index (χ0v) is 19.3. The van der Waals surface area contributed by atoms with Crippen LogP contribution in [0.4, 0.5) is 5.69 Å². The topological polar surface area (TPSA) is 78.7 Å². The van der Waals surface area contributed by atoms with Gasteiger partial charge in [-0.2, -0.15) is 0 Å². The number of nitrogens with zero attached hydrogens (tertiary/aromatic N) is 3. The van der Waals surface area contributed by atoms with Crippen LogP contribution in [-0.2, 0) is 16.0 Å². The summed E-state index contributed by atoms with van der Waals surface area (Å²) in [7, 11) is 0. The Labute approximate surface area is 198 Å². The number of para-hydroxylation sites is 1. The standard InChI is InChI=1S/C25H27ClN4O3/c1-18-6-8-19(9-7-18)22-16-27-24(33-22)10-11-25(32)30-14-12-29(13-15-30)17-23(31)28-21-5-3-2-4-20(21)26/h2-9,16H,10-15,17H2,1H3,(H,28,31). The normalized spacial score (nSPS) is 14.3. The second kappa shape index (κ2) is 10.6. The van der Waals surface area contributed by atoms with Gasteiger partial charge in [0.15, 0.2) is 11.7 Å². The summed E-state index contributed by atoms with van der Waals surface area (Å²) < 4.78 is 5.82. The van der Waals surface area contributed by atoms with E-state index in [0.717, 1.165) is 5.56 Å². The number of piperazine rings is 1. The van der Waals surface area contributed by atoms with E-state index in [-0.39, 0.29) is 18.4 Å². The molecule has 0 bridgehead atoms. The maximum Gasteiger partial charge on any atom is 0.238 e. The molecule has 0 spiro atoms. The Kier molecular flexibility index (Phi) is 7.42. The Balaban J connectivity index is 1.20. The van der Waals surface area contributed by atoms with E-state index in [1.807, 2.05) is 53.1 Å². The van der Waals surface area contributed by atoms with Gasteiger partial charge >= 0.3 is 0 Å². The van der Waals surface area contributed by atoms with Crippen LogP contribution in [0.2, 0.25) is 5.02 Å². The van der Waals surface area contributed by atoms with Gasteiger partial charge in [0.25, 0.3) is 0 Å². The molecule has 1 saturated heterocycles. The van der Waals surface area contributed by atoms with Crippen LogP contribution in [0.5, 0.6) is 0 Å². The number of nitrogens with one attached hydrogen (secondary N) is 1. The maximum absolute atomic E-state index is 12.6. The van der Waals surface area contributed by atoms with E-state index in [2.05, 4.69) is 10.3 Å². The van der Waals surface area contributed by atoms with Crippen LogP contribution < -0.4 is 5.32 Å². The number of oxazole rings is 1. The summed E-state index contributed by atoms with van der Waals surface area (Å²) in [5.41, 5.74) is 2.76. The number of halogens is 1. The lowest BCUT2D eigenvalue weighted by molar-refractivity contribution is -0.133. The Morgan fingerprint density at radius 3 is 2.52 bits per heavy atom. The van der Waals surface area contributed by atoms with Gasteiger partial charge in [0.05, 0.1) is 23.5 Å². The Morgan fingerprint density at radius 1 is 1.06 bits per heavy atom. The first kappa shape index (κ1) is 23.0. The summed E-state index contributed by atoms with van der Waals surface area (Å²) in [5, 5.41) is 3.35. The number of aromatic nitrogens is 1. The predicted octanol–water partition coefficient (Wildman–Crippen LogP) is 4.02. The van der Waals surface area contributed by atoms with Crippen molar-refractivity contribution < 1.29 is 14.0 Å². The van der Waals surface area contributed by atoms with Gasteiger partial charge in [-0.05, 0) is 19.1 Å². The zero-order valence-electron chi connectivity index (χ0n) is 18.6. The minimum atomic E-state index is -0.115. The fourth-order valence-electron chi connectivity index (χ4n) is 3.76. The van der Waals surface area contributed by atoms with E-state index in [1.165, 1.54) is 5.56 Å². The maximum atomic E-state index is 12.6. The monoisotopic (exact) mass is 466 g/mol. The summed E-state index contributed by atoms with van der Waals surface area (Å²) in [6, 6.07) is 15.2. The molecule has 0 radical (unpaired) electrons. The summed E-state index contributed by atoms with van der Waals surface area (Å²) in [5.74, 6) is 1.23. The molecular weight excluding hydrogens is 440 g/mol. The quantitative estimate of drug-likeness (QED) is 0.569. The smallest absolute Gasteiger partial charge is 0.238 e. The lowest BCUT2D eigenvalue weighted by Gasteiger charge is -2.34. The summed E-state index contributed by atoms with van der Waals surface area (Å²) in [6.07, 6.45) is 2.52. The highest BCUT2D eigenvalue weighted by Gasteiger charge is 2.23. The van der Waals surface area contributed by atoms with Crippen molar-refractivity contribution in [1.82, 2.24) is 14.8 Å². The van der Waals surface area contributed by atoms with Crippen LogP contribution in [0.15, 0.2) is 59.1 Å². The molecule has 2 heterocycles. The van der Waals surface area contributed by atoms with Crippen molar-refractivity contribution in [2.45, 2.75) is 19.8 Å². The van der Waals surface area contributed by atoms with Crippen LogP contribution in [-0.4, -0.2) is 59.3 Å². The molecule has 33 heavy (non-hydrogen) atoms. The average molecular weight is 467 g/mol. The number of aryl methyl sites for hydroxylation is 2. The van der Waals surface area contributed by atoms with E-state index < -0.39 is 0 Å². The molecule has 1 aromatic heterocycles. The van der Waals surface area contributed by atoms with Crippen LogP contribution in [0.1, 0.15) is 17.9 Å². The van der Waals surface area contributed by atoms with Crippen molar-refractivity contribution in [3.05, 3.63) is 71.2 Å². The molecule has 1 fully saturated rings. The highest BCUT2D eigenvalue weighted by molar-refractivity contribution is 6.33. The molecule has 1 aliphatic rings. The number of benzene rings is 2. The predicted molar refractivity (Wildman–Crippen MR) is 128 cm³/mol. The van der Waals surface area contributed by atoms with Gasteiger partial charge in [-0.3, -0.25) is 14.5 Å². The lowest BCUT2D eigenvalue weighted by Crippen LogP contribution is -2.50. The van der Waals surface area contributed by atoms with Crippen LogP contribution >= 0.6 is 11.6 Å². The molecule has 1 aliphatic heterocycles. The molecular formula is C25H27ClN4O3. The van der Waals surface area contributed by atoms with E-state index in [4.69, 9.17) is 16.0 Å². The third kappa shape index (κ3) is 6.21. The van der Waals surface area contributed by atoms with Crippen molar-refractivity contribution in [3.8, 4) is 11.3 Å². The largest absolute Gasteiger partial charge is 0.441 e. The summed E-state index contributed by atoms with van der Waals surface area (Å²) in [4.78, 5) is 33.2. The van der Waals surface area contributed by atoms with Gasteiger partial charge in [0, 0.05) is 44.6 Å². The number of amides is 2. The fraction of sp³-hybridized carbons (Fsp3) is 0.320. The Morgan fingerprint density at radius 2 is 1.79 bits per heavy atom. The molecule has 172 valence electrons. The first-order valence-corrected chi connectivity index (χ1v) is 11.4. The second-order valence-corrected chi connectivity index (χ2v) is 8.58. The number of anilines is 1. The zero-order chi connectivity index (χ0) is 23.2. The van der Waals surface area contributed by atoms with Gasteiger partial charge in [0.2, 0.25) is 11.8 Å². The molecule has 2 amide bonds. The average Bonchev–Trinajstić information content (AvgIpc) is 3.29. The highest BCUT2D eigenvalue weighted by Crippen LogP contribution is 2.22. The number of rotatable bonds is 7. The number of hydrogen-bond donors (Lipinski definition) is 1. The van der Waals surface area contributed by atoms with E-state index in [0.29, 0.717) is 61.4 Å². The van der Waals surface area contributed by atoms with Gasteiger partial charge in [-0.15, -0.1) is 0 Å². The minimum Gasteiger partial charge on any atom is -0.441 e. The summed E-state index contributed by atoms with van der Waals surface area (Å²) >= 11 is 6.09. The van der Waals surface area contributed by atoms with Crippen molar-refractivity contribution in [3.63, 3.8) is 0 Å². The molecule has 0 atom stereocenters. The molecule has 0 aliphatic carbocycles. The molecule has 8 heteroatoms. The second-order valence-electron chi connectivity index (χ2n) is 8.17. The van der Waals surface area contributed by atoms with Crippen LogP contribution in [0.25, 0.3) is 11.3 Å². The van der Waals surface area contributed by atoms with Crippen LogP contribution in [0, 0.1) is 6.92 Å². The Bertz CT molecular complexity index is 1100. The molecule has 3 aromatic rings. The Hall–Kier alpha value is -3.16. The summed E-state index contributed by atoms with van der Waals surface area (Å²) in [6.45, 7) is 4.80. The number of hydrogen-bond acceptors (Lipinski definition) is 5.